The number of hydrogen-bond acceptors (Lipinski definition) is 3. The topological polar surface area (TPSA) is 25.8 Å². The molecule has 20 heavy (non-hydrogen) atoms. The first-order chi connectivity index (χ1) is 9.81. The fraction of sp³-hybridized carbons (Fsp3) is 0.125. The predicted octanol–water partition coefficient (Wildman–Crippen LogP) is 4.33. The zero-order valence-electron chi connectivity index (χ0n) is 10.6. The van der Waals surface area contributed by atoms with Crippen molar-refractivity contribution >= 4 is 33.2 Å². The van der Waals surface area contributed by atoms with Crippen molar-refractivity contribution in [2.75, 3.05) is 0 Å². The largest absolute Gasteiger partial charge is 0.241 e. The van der Waals surface area contributed by atoms with Gasteiger partial charge >= 0.3 is 0 Å². The number of nitrogens with zero attached hydrogens (tertiary/aromatic N) is 2. The predicted molar refractivity (Wildman–Crippen MR) is 84.1 cm³/mol. The highest BCUT2D eigenvalue weighted by molar-refractivity contribution is 7.18. The lowest BCUT2D eigenvalue weighted by Gasteiger charge is -1.90. The van der Waals surface area contributed by atoms with Gasteiger partial charge in [0, 0.05) is 12.8 Å². The molecule has 0 unspecified atom stereocenters. The van der Waals surface area contributed by atoms with Crippen molar-refractivity contribution in [3.05, 3.63) is 58.3 Å². The van der Waals surface area contributed by atoms with Crippen LogP contribution in [-0.4, -0.2) is 9.97 Å². The highest BCUT2D eigenvalue weighted by Crippen LogP contribution is 2.22. The summed E-state index contributed by atoms with van der Waals surface area (Å²) in [6.45, 7) is 0. The van der Waals surface area contributed by atoms with E-state index in [4.69, 9.17) is 11.6 Å². The molecular weight excluding hydrogens is 288 g/mol. The summed E-state index contributed by atoms with van der Waals surface area (Å²) in [5.74, 6) is 6.14. The van der Waals surface area contributed by atoms with Crippen molar-refractivity contribution < 1.29 is 0 Å². The first kappa shape index (κ1) is 13.1. The summed E-state index contributed by atoms with van der Waals surface area (Å²) < 4.78 is 1.23. The van der Waals surface area contributed by atoms with Crippen molar-refractivity contribution in [1.82, 2.24) is 9.97 Å². The molecule has 2 heterocycles. The van der Waals surface area contributed by atoms with Crippen LogP contribution in [0.15, 0.2) is 42.5 Å². The second-order valence-electron chi connectivity index (χ2n) is 4.22. The van der Waals surface area contributed by atoms with E-state index in [-0.39, 0.29) is 0 Å². The minimum atomic E-state index is 0.475. The Morgan fingerprint density at radius 3 is 2.80 bits per heavy atom. The lowest BCUT2D eigenvalue weighted by molar-refractivity contribution is 1.01. The lowest BCUT2D eigenvalue weighted by Crippen LogP contribution is -1.83. The van der Waals surface area contributed by atoms with E-state index < -0.39 is 0 Å². The summed E-state index contributed by atoms with van der Waals surface area (Å²) in [5.41, 5.74) is 1.78. The van der Waals surface area contributed by atoms with Gasteiger partial charge in [0.2, 0.25) is 0 Å². The van der Waals surface area contributed by atoms with E-state index in [1.54, 1.807) is 17.4 Å². The molecule has 3 rings (SSSR count). The molecule has 0 bridgehead atoms. The molecule has 0 N–H and O–H groups in total. The van der Waals surface area contributed by atoms with Gasteiger partial charge in [-0.15, -0.1) is 11.3 Å². The molecule has 0 aliphatic heterocycles. The number of aryl methyl sites for hydroxylation is 1. The molecule has 0 atom stereocenters. The molecule has 2 aromatic heterocycles. The molecule has 98 valence electrons. The highest BCUT2D eigenvalue weighted by Gasteiger charge is 2.01. The minimum absolute atomic E-state index is 0.475. The van der Waals surface area contributed by atoms with Crippen LogP contribution in [0.1, 0.15) is 17.1 Å². The van der Waals surface area contributed by atoms with Crippen LogP contribution in [0.4, 0.5) is 0 Å². The number of thiazole rings is 1. The van der Waals surface area contributed by atoms with Crippen LogP contribution in [0.25, 0.3) is 10.2 Å². The number of aromatic nitrogens is 2. The minimum Gasteiger partial charge on any atom is -0.241 e. The zero-order valence-corrected chi connectivity index (χ0v) is 12.2. The smallest absolute Gasteiger partial charge is 0.130 e. The average molecular weight is 299 g/mol. The van der Waals surface area contributed by atoms with Crippen LogP contribution >= 0.6 is 22.9 Å². The van der Waals surface area contributed by atoms with Gasteiger partial charge in [0.05, 0.1) is 15.2 Å². The maximum atomic E-state index is 5.81. The van der Waals surface area contributed by atoms with E-state index in [2.05, 4.69) is 27.9 Å². The first-order valence-electron chi connectivity index (χ1n) is 6.27. The molecule has 0 saturated carbocycles. The highest BCUT2D eigenvalue weighted by atomic mass is 35.5. The van der Waals surface area contributed by atoms with Gasteiger partial charge in [-0.1, -0.05) is 35.7 Å². The van der Waals surface area contributed by atoms with Crippen molar-refractivity contribution in [2.24, 2.45) is 0 Å². The molecule has 4 heteroatoms. The van der Waals surface area contributed by atoms with Gasteiger partial charge in [0.15, 0.2) is 0 Å². The van der Waals surface area contributed by atoms with Gasteiger partial charge in [0.25, 0.3) is 0 Å². The van der Waals surface area contributed by atoms with Gasteiger partial charge in [-0.25, -0.2) is 9.97 Å². The van der Waals surface area contributed by atoms with Gasteiger partial charge in [-0.3, -0.25) is 0 Å². The Morgan fingerprint density at radius 2 is 1.95 bits per heavy atom. The number of para-hydroxylation sites is 1. The SMILES string of the molecule is Clc1cccc(C#CCCc2nc3ccccc3s2)n1. The van der Waals surface area contributed by atoms with Crippen LogP contribution in [0.2, 0.25) is 5.15 Å². The molecule has 0 aliphatic rings. The third kappa shape index (κ3) is 3.16. The summed E-state index contributed by atoms with van der Waals surface area (Å²) in [4.78, 5) is 8.72. The fourth-order valence-corrected chi connectivity index (χ4v) is 2.96. The monoisotopic (exact) mass is 298 g/mol. The lowest BCUT2D eigenvalue weighted by atomic mass is 10.3. The van der Waals surface area contributed by atoms with Crippen LogP contribution in [0.5, 0.6) is 0 Å². The molecule has 0 aliphatic carbocycles. The van der Waals surface area contributed by atoms with E-state index in [0.29, 0.717) is 10.8 Å². The summed E-state index contributed by atoms with van der Waals surface area (Å²) in [5, 5.41) is 1.60. The van der Waals surface area contributed by atoms with Crippen LogP contribution in [0.3, 0.4) is 0 Å². The molecule has 0 radical (unpaired) electrons. The van der Waals surface area contributed by atoms with E-state index in [9.17, 15) is 0 Å². The number of rotatable bonds is 2. The van der Waals surface area contributed by atoms with Gasteiger partial charge < -0.3 is 0 Å². The van der Waals surface area contributed by atoms with Crippen LogP contribution in [-0.2, 0) is 6.42 Å². The number of halogens is 1. The Labute approximate surface area is 126 Å². The molecule has 1 aromatic carbocycles. The average Bonchev–Trinajstić information content (AvgIpc) is 2.86. The number of hydrogen-bond donors (Lipinski definition) is 0. The third-order valence-electron chi connectivity index (χ3n) is 2.73. The standard InChI is InChI=1S/C16H11ClN2S/c17-15-10-5-7-12(18-15)6-1-4-11-16-19-13-8-2-3-9-14(13)20-16/h2-3,5,7-10H,4,11H2. The summed E-state index contributed by atoms with van der Waals surface area (Å²) >= 11 is 7.54. The molecule has 2 nitrogen and oxygen atoms in total. The normalized spacial score (nSPS) is 10.2. The zero-order chi connectivity index (χ0) is 13.8. The van der Waals surface area contributed by atoms with Gasteiger partial charge in [0.1, 0.15) is 10.8 Å². The van der Waals surface area contributed by atoms with Crippen LogP contribution in [0, 0.1) is 11.8 Å². The van der Waals surface area contributed by atoms with Crippen molar-refractivity contribution in [1.29, 1.82) is 0 Å². The summed E-state index contributed by atoms with van der Waals surface area (Å²) in [6.07, 6.45) is 1.64. The molecule has 0 saturated heterocycles. The second-order valence-corrected chi connectivity index (χ2v) is 5.73. The Hall–Kier alpha value is -1.89. The van der Waals surface area contributed by atoms with Crippen molar-refractivity contribution in [3.63, 3.8) is 0 Å². The van der Waals surface area contributed by atoms with Crippen molar-refractivity contribution in [3.8, 4) is 11.8 Å². The fourth-order valence-electron chi connectivity index (χ4n) is 1.83. The number of benzene rings is 1. The van der Waals surface area contributed by atoms with Crippen molar-refractivity contribution in [2.45, 2.75) is 12.8 Å². The third-order valence-corrected chi connectivity index (χ3v) is 4.04. The Morgan fingerprint density at radius 1 is 1.05 bits per heavy atom. The van der Waals surface area contributed by atoms with E-state index >= 15 is 0 Å². The molecule has 0 spiro atoms. The Bertz CT molecular complexity index is 766. The van der Waals surface area contributed by atoms with Gasteiger partial charge in [-0.05, 0) is 30.2 Å². The van der Waals surface area contributed by atoms with Crippen LogP contribution < -0.4 is 0 Å². The quantitative estimate of drug-likeness (QED) is 0.520. The second kappa shape index (κ2) is 6.04. The molecule has 0 amide bonds. The van der Waals surface area contributed by atoms with E-state index in [1.807, 2.05) is 30.3 Å². The number of pyridine rings is 1. The molecular formula is C16H11ClN2S. The maximum Gasteiger partial charge on any atom is 0.130 e. The Kier molecular flexibility index (Phi) is 3.96. The molecule has 3 aromatic rings. The van der Waals surface area contributed by atoms with Gasteiger partial charge in [-0.2, -0.15) is 0 Å². The van der Waals surface area contributed by atoms with E-state index in [1.165, 1.54) is 4.70 Å². The molecule has 0 fully saturated rings. The summed E-state index contributed by atoms with van der Waals surface area (Å²) in [6, 6.07) is 13.6. The van der Waals surface area contributed by atoms with E-state index in [0.717, 1.165) is 23.4 Å². The first-order valence-corrected chi connectivity index (χ1v) is 7.46. The maximum absolute atomic E-state index is 5.81. The Balaban J connectivity index is 1.65. The summed E-state index contributed by atoms with van der Waals surface area (Å²) in [7, 11) is 0. The number of fused-ring (bicyclic) bond motifs is 1.